The molecule has 2 fully saturated rings. The van der Waals surface area contributed by atoms with Gasteiger partial charge in [-0.3, -0.25) is 14.4 Å². The number of morpholine rings is 1. The van der Waals surface area contributed by atoms with Gasteiger partial charge in [-0.05, 0) is 25.7 Å². The first-order valence-corrected chi connectivity index (χ1v) is 9.25. The molecule has 0 aromatic carbocycles. The zero-order chi connectivity index (χ0) is 17.6. The van der Waals surface area contributed by atoms with Gasteiger partial charge in [-0.25, -0.2) is 4.98 Å². The number of hydrogen-bond acceptors (Lipinski definition) is 6. The number of carbonyl (C=O) groups is 1. The summed E-state index contributed by atoms with van der Waals surface area (Å²) >= 11 is 0. The van der Waals surface area contributed by atoms with Crippen LogP contribution in [-0.2, 0) is 16.1 Å². The molecule has 2 heterocycles. The zero-order valence-corrected chi connectivity index (χ0v) is 15.0. The van der Waals surface area contributed by atoms with E-state index in [0.717, 1.165) is 52.0 Å². The van der Waals surface area contributed by atoms with Gasteiger partial charge in [0.05, 0.1) is 25.4 Å². The third-order valence-electron chi connectivity index (χ3n) is 5.44. The Morgan fingerprint density at radius 3 is 2.88 bits per heavy atom. The number of aromatic nitrogens is 3. The molecule has 3 rings (SSSR count). The number of carbonyl (C=O) groups excluding carboxylic acids is 1. The number of likely N-dealkylation sites (N-methyl/N-ethyl adjacent to an activating group) is 1. The SMILES string of the molecule is CN(C(=O)CCCn1cncn1)[C@@H]1CCC[C@@H](N2CCOCC2)[C@@H]1O. The van der Waals surface area contributed by atoms with E-state index in [1.807, 2.05) is 7.05 Å². The minimum Gasteiger partial charge on any atom is -0.389 e. The maximum atomic E-state index is 12.5. The van der Waals surface area contributed by atoms with Crippen LogP contribution in [0, 0.1) is 0 Å². The summed E-state index contributed by atoms with van der Waals surface area (Å²) in [5, 5.41) is 14.9. The van der Waals surface area contributed by atoms with Crippen molar-refractivity contribution in [3.63, 3.8) is 0 Å². The van der Waals surface area contributed by atoms with Gasteiger partial charge >= 0.3 is 0 Å². The van der Waals surface area contributed by atoms with Gasteiger partial charge in [0.15, 0.2) is 0 Å². The van der Waals surface area contributed by atoms with Crippen LogP contribution < -0.4 is 0 Å². The summed E-state index contributed by atoms with van der Waals surface area (Å²) in [7, 11) is 1.83. The van der Waals surface area contributed by atoms with E-state index >= 15 is 0 Å². The molecule has 8 nitrogen and oxygen atoms in total. The van der Waals surface area contributed by atoms with Crippen molar-refractivity contribution in [3.05, 3.63) is 12.7 Å². The largest absolute Gasteiger partial charge is 0.389 e. The van der Waals surface area contributed by atoms with Crippen LogP contribution >= 0.6 is 0 Å². The molecule has 25 heavy (non-hydrogen) atoms. The van der Waals surface area contributed by atoms with Gasteiger partial charge in [-0.2, -0.15) is 5.10 Å². The molecule has 0 unspecified atom stereocenters. The van der Waals surface area contributed by atoms with Crippen LogP contribution in [0.1, 0.15) is 32.1 Å². The molecule has 1 aliphatic carbocycles. The maximum Gasteiger partial charge on any atom is 0.222 e. The van der Waals surface area contributed by atoms with E-state index in [0.29, 0.717) is 13.0 Å². The van der Waals surface area contributed by atoms with Crippen molar-refractivity contribution in [3.8, 4) is 0 Å². The van der Waals surface area contributed by atoms with Gasteiger partial charge in [0.1, 0.15) is 12.7 Å². The number of aliphatic hydroxyl groups is 1. The summed E-state index contributed by atoms with van der Waals surface area (Å²) in [6.45, 7) is 3.87. The number of aliphatic hydroxyl groups excluding tert-OH is 1. The zero-order valence-electron chi connectivity index (χ0n) is 15.0. The molecule has 140 valence electrons. The number of ether oxygens (including phenoxy) is 1. The van der Waals surface area contributed by atoms with Gasteiger partial charge in [-0.1, -0.05) is 0 Å². The molecule has 1 aromatic rings. The van der Waals surface area contributed by atoms with E-state index in [-0.39, 0.29) is 18.0 Å². The Morgan fingerprint density at radius 1 is 1.36 bits per heavy atom. The summed E-state index contributed by atoms with van der Waals surface area (Å²) in [4.78, 5) is 20.5. The van der Waals surface area contributed by atoms with Crippen molar-refractivity contribution >= 4 is 5.91 Å². The monoisotopic (exact) mass is 351 g/mol. The molecular formula is C17H29N5O3. The molecule has 0 radical (unpaired) electrons. The fourth-order valence-electron chi connectivity index (χ4n) is 3.97. The maximum absolute atomic E-state index is 12.5. The Kier molecular flexibility index (Phi) is 6.39. The average molecular weight is 351 g/mol. The third-order valence-corrected chi connectivity index (χ3v) is 5.44. The Bertz CT molecular complexity index is 532. The lowest BCUT2D eigenvalue weighted by atomic mass is 9.86. The minimum absolute atomic E-state index is 0.0896. The summed E-state index contributed by atoms with van der Waals surface area (Å²) in [6, 6.07) is 0.0357. The van der Waals surface area contributed by atoms with Crippen molar-refractivity contribution in [2.24, 2.45) is 0 Å². The summed E-state index contributed by atoms with van der Waals surface area (Å²) in [5.41, 5.74) is 0. The van der Waals surface area contributed by atoms with Gasteiger partial charge in [0.25, 0.3) is 0 Å². The van der Waals surface area contributed by atoms with Gasteiger partial charge in [-0.15, -0.1) is 0 Å². The summed E-state index contributed by atoms with van der Waals surface area (Å²) in [6.07, 6.45) is 6.75. The predicted molar refractivity (Wildman–Crippen MR) is 91.9 cm³/mol. The first-order valence-electron chi connectivity index (χ1n) is 9.25. The number of nitrogens with zero attached hydrogens (tertiary/aromatic N) is 5. The lowest BCUT2D eigenvalue weighted by molar-refractivity contribution is -0.138. The summed E-state index contributed by atoms with van der Waals surface area (Å²) < 4.78 is 7.15. The smallest absolute Gasteiger partial charge is 0.222 e. The van der Waals surface area contributed by atoms with Crippen LogP contribution in [0.4, 0.5) is 0 Å². The van der Waals surface area contributed by atoms with Crippen molar-refractivity contribution in [1.82, 2.24) is 24.6 Å². The van der Waals surface area contributed by atoms with E-state index in [1.165, 1.54) is 6.33 Å². The quantitative estimate of drug-likeness (QED) is 0.784. The first-order chi connectivity index (χ1) is 12.2. The molecule has 1 amide bonds. The van der Waals surface area contributed by atoms with Crippen LogP contribution in [0.3, 0.4) is 0 Å². The molecule has 1 N–H and O–H groups in total. The van der Waals surface area contributed by atoms with Gasteiger partial charge in [0, 0.05) is 39.1 Å². The Balaban J connectivity index is 1.50. The van der Waals surface area contributed by atoms with Crippen LogP contribution in [-0.4, -0.2) is 87.1 Å². The van der Waals surface area contributed by atoms with Crippen molar-refractivity contribution in [1.29, 1.82) is 0 Å². The lowest BCUT2D eigenvalue weighted by Crippen LogP contribution is -2.58. The predicted octanol–water partition coefficient (Wildman–Crippen LogP) is 0.131. The van der Waals surface area contributed by atoms with Crippen molar-refractivity contribution < 1.29 is 14.6 Å². The molecule has 1 aromatic heterocycles. The molecule has 8 heteroatoms. The van der Waals surface area contributed by atoms with Crippen LogP contribution in [0.25, 0.3) is 0 Å². The number of hydrogen-bond donors (Lipinski definition) is 1. The first kappa shape index (κ1) is 18.3. The fourth-order valence-corrected chi connectivity index (χ4v) is 3.97. The van der Waals surface area contributed by atoms with E-state index in [9.17, 15) is 9.90 Å². The van der Waals surface area contributed by atoms with Crippen LogP contribution in [0.5, 0.6) is 0 Å². The second-order valence-corrected chi connectivity index (χ2v) is 6.97. The highest BCUT2D eigenvalue weighted by atomic mass is 16.5. The molecule has 2 aliphatic rings. The van der Waals surface area contributed by atoms with Crippen molar-refractivity contribution in [2.75, 3.05) is 33.4 Å². The van der Waals surface area contributed by atoms with Gasteiger partial charge < -0.3 is 14.7 Å². The minimum atomic E-state index is -0.490. The molecule has 0 bridgehead atoms. The van der Waals surface area contributed by atoms with E-state index < -0.39 is 6.10 Å². The van der Waals surface area contributed by atoms with E-state index in [4.69, 9.17) is 4.74 Å². The fraction of sp³-hybridized carbons (Fsp3) is 0.824. The molecule has 3 atom stereocenters. The van der Waals surface area contributed by atoms with Crippen LogP contribution in [0.15, 0.2) is 12.7 Å². The van der Waals surface area contributed by atoms with Gasteiger partial charge in [0.2, 0.25) is 5.91 Å². The standard InChI is InChI=1S/C17H29N5O3/c1-20(16(23)6-3-7-22-13-18-12-19-22)14-4-2-5-15(17(14)24)21-8-10-25-11-9-21/h12-15,17,24H,2-11H2,1H3/t14-,15-,17-/m1/s1. The molecule has 1 aliphatic heterocycles. The number of rotatable bonds is 6. The Hall–Kier alpha value is -1.51. The van der Waals surface area contributed by atoms with E-state index in [1.54, 1.807) is 15.9 Å². The average Bonchev–Trinajstić information content (AvgIpc) is 3.15. The van der Waals surface area contributed by atoms with Crippen molar-refractivity contribution in [2.45, 2.75) is 56.8 Å². The molecule has 0 spiro atoms. The normalized spacial score (nSPS) is 28.0. The number of aryl methyl sites for hydroxylation is 1. The highest BCUT2D eigenvalue weighted by Gasteiger charge is 2.38. The third kappa shape index (κ3) is 4.56. The summed E-state index contributed by atoms with van der Waals surface area (Å²) in [5.74, 6) is 0.0896. The lowest BCUT2D eigenvalue weighted by Gasteiger charge is -2.45. The molecular weight excluding hydrogens is 322 g/mol. The second kappa shape index (κ2) is 8.73. The second-order valence-electron chi connectivity index (χ2n) is 6.97. The van der Waals surface area contributed by atoms with Crippen LogP contribution in [0.2, 0.25) is 0 Å². The highest BCUT2D eigenvalue weighted by Crippen LogP contribution is 2.27. The van der Waals surface area contributed by atoms with E-state index in [2.05, 4.69) is 15.0 Å². The Morgan fingerprint density at radius 2 is 2.16 bits per heavy atom. The highest BCUT2D eigenvalue weighted by molar-refractivity contribution is 5.76. The number of amides is 1. The molecule has 1 saturated heterocycles. The topological polar surface area (TPSA) is 83.7 Å². The molecule has 1 saturated carbocycles. The Labute approximate surface area is 148 Å².